The summed E-state index contributed by atoms with van der Waals surface area (Å²) in [5.74, 6) is -0.536. The lowest BCUT2D eigenvalue weighted by Gasteiger charge is -2.17. The fourth-order valence-electron chi connectivity index (χ4n) is 4.59. The van der Waals surface area contributed by atoms with Gasteiger partial charge < -0.3 is 19.8 Å². The van der Waals surface area contributed by atoms with E-state index < -0.39 is 6.04 Å². The van der Waals surface area contributed by atoms with Gasteiger partial charge in [0, 0.05) is 26.1 Å². The van der Waals surface area contributed by atoms with Gasteiger partial charge in [-0.2, -0.15) is 5.26 Å². The Morgan fingerprint density at radius 2 is 2.06 bits per heavy atom. The molecule has 2 N–H and O–H groups in total. The van der Waals surface area contributed by atoms with E-state index in [0.717, 1.165) is 35.2 Å². The number of benzene rings is 2. The van der Waals surface area contributed by atoms with Gasteiger partial charge in [0.05, 0.1) is 23.7 Å². The number of carbonyl (C=O) groups excluding carboxylic acids is 1. The zero-order valence-electron chi connectivity index (χ0n) is 17.7. The first kappa shape index (κ1) is 20.5. The number of nitriles is 1. The molecule has 0 unspecified atom stereocenters. The second kappa shape index (κ2) is 8.26. The number of fused-ring (bicyclic) bond motifs is 2. The number of hydrogen-bond acceptors (Lipinski definition) is 6. The molecule has 0 bridgehead atoms. The van der Waals surface area contributed by atoms with E-state index in [2.05, 4.69) is 16.7 Å². The van der Waals surface area contributed by atoms with E-state index in [1.807, 2.05) is 36.4 Å². The number of nitrogens with zero attached hydrogens (tertiary/aromatic N) is 2. The second-order valence-electron chi connectivity index (χ2n) is 8.46. The standard InChI is InChI=1S/C24H24N4O4/c1-28-20-11-16(6-7-21(20)32-24(28)30)15-4-2-14(3-5-15)10-17(13-25)26-23(29)19-12-22-18(27-19)8-9-31-22/h2-7,11,17-19,22,27H,8-10,12H2,1H3,(H,26,29)/t17-,18+,19+,22+/m0/s1. The first-order valence-corrected chi connectivity index (χ1v) is 10.8. The van der Waals surface area contributed by atoms with Crippen LogP contribution in [0.2, 0.25) is 0 Å². The highest BCUT2D eigenvalue weighted by molar-refractivity contribution is 5.83. The van der Waals surface area contributed by atoms with Crippen LogP contribution in [-0.2, 0) is 23.0 Å². The van der Waals surface area contributed by atoms with Gasteiger partial charge in [-0.3, -0.25) is 9.36 Å². The summed E-state index contributed by atoms with van der Waals surface area (Å²) in [5.41, 5.74) is 4.20. The number of hydrogen-bond donors (Lipinski definition) is 2. The van der Waals surface area contributed by atoms with E-state index in [-0.39, 0.29) is 29.9 Å². The molecular formula is C24H24N4O4. The number of amides is 1. The normalized spacial score (nSPS) is 23.1. The maximum Gasteiger partial charge on any atom is 0.419 e. The third-order valence-corrected chi connectivity index (χ3v) is 6.40. The van der Waals surface area contributed by atoms with Crippen LogP contribution < -0.4 is 16.4 Å². The fourth-order valence-corrected chi connectivity index (χ4v) is 4.59. The smallest absolute Gasteiger partial charge is 0.408 e. The van der Waals surface area contributed by atoms with Gasteiger partial charge in [-0.05, 0) is 41.7 Å². The van der Waals surface area contributed by atoms with Crippen LogP contribution in [0.15, 0.2) is 51.7 Å². The number of aromatic nitrogens is 1. The zero-order valence-corrected chi connectivity index (χ0v) is 17.7. The molecule has 2 aromatic carbocycles. The lowest BCUT2D eigenvalue weighted by molar-refractivity contribution is -0.123. The van der Waals surface area contributed by atoms with Crippen LogP contribution in [0.4, 0.5) is 0 Å². The lowest BCUT2D eigenvalue weighted by Crippen LogP contribution is -2.46. The van der Waals surface area contributed by atoms with E-state index >= 15 is 0 Å². The third-order valence-electron chi connectivity index (χ3n) is 6.40. The number of oxazole rings is 1. The highest BCUT2D eigenvalue weighted by atomic mass is 16.5. The summed E-state index contributed by atoms with van der Waals surface area (Å²) in [7, 11) is 1.68. The molecule has 1 amide bonds. The molecule has 2 aliphatic rings. The molecule has 2 saturated heterocycles. The van der Waals surface area contributed by atoms with E-state index in [9.17, 15) is 14.9 Å². The summed E-state index contributed by atoms with van der Waals surface area (Å²) in [6, 6.07) is 15.0. The molecule has 164 valence electrons. The largest absolute Gasteiger partial charge is 0.419 e. The van der Waals surface area contributed by atoms with Crippen LogP contribution >= 0.6 is 0 Å². The van der Waals surface area contributed by atoms with Crippen LogP contribution in [0.5, 0.6) is 0 Å². The Morgan fingerprint density at radius 1 is 1.28 bits per heavy atom. The molecule has 8 heteroatoms. The van der Waals surface area contributed by atoms with Crippen molar-refractivity contribution in [3.8, 4) is 17.2 Å². The van der Waals surface area contributed by atoms with Crippen LogP contribution in [0.1, 0.15) is 18.4 Å². The maximum absolute atomic E-state index is 12.6. The molecule has 3 heterocycles. The summed E-state index contributed by atoms with van der Waals surface area (Å²) in [6.07, 6.45) is 2.10. The molecule has 8 nitrogen and oxygen atoms in total. The van der Waals surface area contributed by atoms with Crippen molar-refractivity contribution in [3.63, 3.8) is 0 Å². The summed E-state index contributed by atoms with van der Waals surface area (Å²) in [4.78, 5) is 24.3. The van der Waals surface area contributed by atoms with Gasteiger partial charge >= 0.3 is 5.76 Å². The van der Waals surface area contributed by atoms with Crippen molar-refractivity contribution in [2.45, 2.75) is 43.5 Å². The van der Waals surface area contributed by atoms with E-state index in [0.29, 0.717) is 18.4 Å². The minimum absolute atomic E-state index is 0.0996. The van der Waals surface area contributed by atoms with Gasteiger partial charge in [0.15, 0.2) is 5.58 Å². The molecule has 1 aromatic heterocycles. The molecule has 4 atom stereocenters. The number of carbonyl (C=O) groups is 1. The predicted molar refractivity (Wildman–Crippen MR) is 118 cm³/mol. The van der Waals surface area contributed by atoms with E-state index in [1.54, 1.807) is 13.1 Å². The first-order valence-electron chi connectivity index (χ1n) is 10.8. The maximum atomic E-state index is 12.6. The Labute approximate surface area is 184 Å². The van der Waals surface area contributed by atoms with Crippen LogP contribution in [-0.4, -0.2) is 41.3 Å². The topological polar surface area (TPSA) is 109 Å². The third kappa shape index (κ3) is 3.81. The minimum atomic E-state index is -0.603. The van der Waals surface area contributed by atoms with Gasteiger partial charge in [0.1, 0.15) is 6.04 Å². The quantitative estimate of drug-likeness (QED) is 0.637. The predicted octanol–water partition coefficient (Wildman–Crippen LogP) is 1.87. The van der Waals surface area contributed by atoms with Crippen molar-refractivity contribution in [1.29, 1.82) is 5.26 Å². The lowest BCUT2D eigenvalue weighted by atomic mass is 10.0. The van der Waals surface area contributed by atoms with Gasteiger partial charge in [0.25, 0.3) is 0 Å². The van der Waals surface area contributed by atoms with Crippen molar-refractivity contribution in [2.75, 3.05) is 6.61 Å². The Kier molecular flexibility index (Phi) is 5.29. The summed E-state index contributed by atoms with van der Waals surface area (Å²) < 4.78 is 12.3. The van der Waals surface area contributed by atoms with Crippen LogP contribution in [0.3, 0.4) is 0 Å². The SMILES string of the molecule is Cn1c(=O)oc2ccc(-c3ccc(C[C@@H](C#N)NC(=O)[C@H]4C[C@H]5OCC[C@H]5N4)cc3)cc21. The highest BCUT2D eigenvalue weighted by Gasteiger charge is 2.41. The number of nitrogens with one attached hydrogen (secondary N) is 2. The number of ether oxygens (including phenoxy) is 1. The van der Waals surface area contributed by atoms with Crippen LogP contribution in [0, 0.1) is 11.3 Å². The molecule has 2 fully saturated rings. The van der Waals surface area contributed by atoms with Crippen molar-refractivity contribution in [1.82, 2.24) is 15.2 Å². The van der Waals surface area contributed by atoms with Crippen molar-refractivity contribution < 1.29 is 13.9 Å². The average Bonchev–Trinajstić information content (AvgIpc) is 3.48. The molecular weight excluding hydrogens is 408 g/mol. The summed E-state index contributed by atoms with van der Waals surface area (Å²) >= 11 is 0. The van der Waals surface area contributed by atoms with Gasteiger partial charge in [0.2, 0.25) is 5.91 Å². The monoisotopic (exact) mass is 432 g/mol. The average molecular weight is 432 g/mol. The first-order chi connectivity index (χ1) is 15.5. The Balaban J connectivity index is 1.24. The molecule has 0 saturated carbocycles. The Morgan fingerprint density at radius 3 is 2.81 bits per heavy atom. The van der Waals surface area contributed by atoms with Gasteiger partial charge in [-0.25, -0.2) is 4.79 Å². The minimum Gasteiger partial charge on any atom is -0.408 e. The molecule has 0 spiro atoms. The number of rotatable bonds is 5. The zero-order chi connectivity index (χ0) is 22.2. The second-order valence-corrected chi connectivity index (χ2v) is 8.46. The van der Waals surface area contributed by atoms with Crippen LogP contribution in [0.25, 0.3) is 22.2 Å². The molecule has 3 aromatic rings. The van der Waals surface area contributed by atoms with Gasteiger partial charge in [-0.15, -0.1) is 0 Å². The van der Waals surface area contributed by atoms with Crippen molar-refractivity contribution >= 4 is 17.0 Å². The fraction of sp³-hybridized carbons (Fsp3) is 0.375. The summed E-state index contributed by atoms with van der Waals surface area (Å²) in [5, 5.41) is 15.7. The van der Waals surface area contributed by atoms with E-state index in [1.165, 1.54) is 4.57 Å². The van der Waals surface area contributed by atoms with Crippen molar-refractivity contribution in [2.24, 2.45) is 7.05 Å². The molecule has 2 aliphatic heterocycles. The highest BCUT2D eigenvalue weighted by Crippen LogP contribution is 2.26. The molecule has 32 heavy (non-hydrogen) atoms. The Bertz CT molecular complexity index is 1240. The number of aryl methyl sites for hydroxylation is 1. The Hall–Kier alpha value is -3.41. The molecule has 0 aliphatic carbocycles. The summed E-state index contributed by atoms with van der Waals surface area (Å²) in [6.45, 7) is 0.738. The van der Waals surface area contributed by atoms with E-state index in [4.69, 9.17) is 9.15 Å². The molecule has 0 radical (unpaired) electrons. The van der Waals surface area contributed by atoms with Crippen molar-refractivity contribution in [3.05, 3.63) is 58.6 Å². The molecule has 5 rings (SSSR count). The van der Waals surface area contributed by atoms with Gasteiger partial charge in [-0.1, -0.05) is 30.3 Å².